The lowest BCUT2D eigenvalue weighted by Crippen LogP contribution is -2.35. The molecule has 0 fully saturated rings. The van der Waals surface area contributed by atoms with E-state index in [2.05, 4.69) is 25.1 Å². The summed E-state index contributed by atoms with van der Waals surface area (Å²) in [6.07, 6.45) is 0.576. The third-order valence-corrected chi connectivity index (χ3v) is 2.52. The molecule has 0 aromatic heterocycles. The van der Waals surface area contributed by atoms with Crippen LogP contribution in [0.2, 0.25) is 0 Å². The summed E-state index contributed by atoms with van der Waals surface area (Å²) in [6, 6.07) is 8.33. The van der Waals surface area contributed by atoms with E-state index in [0.29, 0.717) is 6.54 Å². The van der Waals surface area contributed by atoms with Gasteiger partial charge in [0.15, 0.2) is 0 Å². The van der Waals surface area contributed by atoms with Gasteiger partial charge >= 0.3 is 6.09 Å². The molecule has 0 bridgehead atoms. The molecule has 0 aliphatic carbocycles. The maximum absolute atomic E-state index is 11.8. The van der Waals surface area contributed by atoms with E-state index in [-0.39, 0.29) is 6.09 Å². The lowest BCUT2D eigenvalue weighted by molar-refractivity contribution is 0.0301. The van der Waals surface area contributed by atoms with Gasteiger partial charge < -0.3 is 9.64 Å². The van der Waals surface area contributed by atoms with Crippen LogP contribution in [-0.2, 0) is 11.2 Å². The highest BCUT2D eigenvalue weighted by molar-refractivity contribution is 5.67. The first-order valence-corrected chi connectivity index (χ1v) is 6.27. The SMILES string of the molecule is Cc1cccc(CCN(C)C(=O)OC(C)(C)C)c1. The van der Waals surface area contributed by atoms with Gasteiger partial charge in [0.2, 0.25) is 0 Å². The van der Waals surface area contributed by atoms with Crippen molar-refractivity contribution in [1.29, 1.82) is 0 Å². The molecule has 0 unspecified atom stereocenters. The molecule has 0 saturated heterocycles. The van der Waals surface area contributed by atoms with Crippen LogP contribution in [0.4, 0.5) is 4.79 Å². The minimum absolute atomic E-state index is 0.268. The monoisotopic (exact) mass is 249 g/mol. The second-order valence-corrected chi connectivity index (χ2v) is 5.64. The van der Waals surface area contributed by atoms with E-state index in [0.717, 1.165) is 6.42 Å². The van der Waals surface area contributed by atoms with Gasteiger partial charge in [-0.1, -0.05) is 29.8 Å². The van der Waals surface area contributed by atoms with E-state index >= 15 is 0 Å². The Bertz CT molecular complexity index is 407. The number of aryl methyl sites for hydroxylation is 1. The van der Waals surface area contributed by atoms with Crippen LogP contribution in [-0.4, -0.2) is 30.2 Å². The first-order valence-electron chi connectivity index (χ1n) is 6.27. The van der Waals surface area contributed by atoms with E-state index in [1.807, 2.05) is 26.8 Å². The molecule has 0 radical (unpaired) electrons. The van der Waals surface area contributed by atoms with Crippen molar-refractivity contribution in [2.24, 2.45) is 0 Å². The zero-order valence-electron chi connectivity index (χ0n) is 12.0. The van der Waals surface area contributed by atoms with Crippen LogP contribution in [0.1, 0.15) is 31.9 Å². The van der Waals surface area contributed by atoms with Gasteiger partial charge in [0, 0.05) is 13.6 Å². The van der Waals surface area contributed by atoms with E-state index < -0.39 is 5.60 Å². The van der Waals surface area contributed by atoms with Crippen molar-refractivity contribution in [2.45, 2.75) is 39.7 Å². The van der Waals surface area contributed by atoms with E-state index in [9.17, 15) is 4.79 Å². The van der Waals surface area contributed by atoms with Gasteiger partial charge in [0.1, 0.15) is 5.60 Å². The molecule has 1 aromatic rings. The number of likely N-dealkylation sites (N-methyl/N-ethyl adjacent to an activating group) is 1. The van der Waals surface area contributed by atoms with Crippen molar-refractivity contribution in [3.63, 3.8) is 0 Å². The van der Waals surface area contributed by atoms with Crippen LogP contribution in [0.3, 0.4) is 0 Å². The molecule has 0 heterocycles. The number of benzene rings is 1. The fourth-order valence-electron chi connectivity index (χ4n) is 1.60. The maximum Gasteiger partial charge on any atom is 0.410 e. The van der Waals surface area contributed by atoms with E-state index in [1.165, 1.54) is 11.1 Å². The Hall–Kier alpha value is -1.51. The molecule has 18 heavy (non-hydrogen) atoms. The first kappa shape index (κ1) is 14.6. The zero-order chi connectivity index (χ0) is 13.8. The summed E-state index contributed by atoms with van der Waals surface area (Å²) < 4.78 is 5.30. The average Bonchev–Trinajstić information content (AvgIpc) is 2.23. The smallest absolute Gasteiger partial charge is 0.410 e. The Labute approximate surface area is 110 Å². The molecule has 100 valence electrons. The molecule has 0 saturated carbocycles. The normalized spacial score (nSPS) is 11.2. The third kappa shape index (κ3) is 5.21. The Morgan fingerprint density at radius 2 is 2.00 bits per heavy atom. The van der Waals surface area contributed by atoms with Gasteiger partial charge in [-0.05, 0) is 39.7 Å². The zero-order valence-corrected chi connectivity index (χ0v) is 12.0. The Morgan fingerprint density at radius 1 is 1.33 bits per heavy atom. The second kappa shape index (κ2) is 5.89. The summed E-state index contributed by atoms with van der Waals surface area (Å²) in [4.78, 5) is 13.4. The summed E-state index contributed by atoms with van der Waals surface area (Å²) in [5.41, 5.74) is 2.05. The molecule has 0 atom stereocenters. The molecule has 0 aliphatic heterocycles. The Morgan fingerprint density at radius 3 is 2.56 bits per heavy atom. The van der Waals surface area contributed by atoms with Crippen LogP contribution in [0.25, 0.3) is 0 Å². The Kier molecular flexibility index (Phi) is 4.76. The molecule has 0 aliphatic rings. The van der Waals surface area contributed by atoms with Gasteiger partial charge in [0.25, 0.3) is 0 Å². The summed E-state index contributed by atoms with van der Waals surface area (Å²) >= 11 is 0. The predicted octanol–water partition coefficient (Wildman–Crippen LogP) is 3.40. The summed E-state index contributed by atoms with van der Waals surface area (Å²) in [5, 5.41) is 0. The van der Waals surface area contributed by atoms with Gasteiger partial charge in [-0.15, -0.1) is 0 Å². The van der Waals surface area contributed by atoms with Crippen molar-refractivity contribution in [2.75, 3.05) is 13.6 Å². The van der Waals surface area contributed by atoms with Crippen molar-refractivity contribution in [1.82, 2.24) is 4.90 Å². The number of hydrogen-bond acceptors (Lipinski definition) is 2. The fraction of sp³-hybridized carbons (Fsp3) is 0.533. The molecular formula is C15H23NO2. The van der Waals surface area contributed by atoms with Crippen molar-refractivity contribution in [3.8, 4) is 0 Å². The van der Waals surface area contributed by atoms with Crippen LogP contribution in [0, 0.1) is 6.92 Å². The van der Waals surface area contributed by atoms with Crippen LogP contribution in [0.5, 0.6) is 0 Å². The standard InChI is InChI=1S/C15H23NO2/c1-12-7-6-8-13(11-12)9-10-16(5)14(17)18-15(2,3)4/h6-8,11H,9-10H2,1-5H3. The summed E-state index contributed by atoms with van der Waals surface area (Å²) in [7, 11) is 1.77. The van der Waals surface area contributed by atoms with Gasteiger partial charge in [-0.3, -0.25) is 0 Å². The number of carbonyl (C=O) groups excluding carboxylic acids is 1. The summed E-state index contributed by atoms with van der Waals surface area (Å²) in [5.74, 6) is 0. The lowest BCUT2D eigenvalue weighted by atomic mass is 10.1. The van der Waals surface area contributed by atoms with E-state index in [4.69, 9.17) is 4.74 Å². The van der Waals surface area contributed by atoms with Crippen LogP contribution >= 0.6 is 0 Å². The molecule has 3 heteroatoms. The van der Waals surface area contributed by atoms with Crippen molar-refractivity contribution < 1.29 is 9.53 Å². The van der Waals surface area contributed by atoms with Gasteiger partial charge in [-0.25, -0.2) is 4.79 Å². The fourth-order valence-corrected chi connectivity index (χ4v) is 1.60. The van der Waals surface area contributed by atoms with Gasteiger partial charge in [-0.2, -0.15) is 0 Å². The highest BCUT2D eigenvalue weighted by Crippen LogP contribution is 2.10. The molecule has 1 amide bonds. The number of nitrogens with zero attached hydrogens (tertiary/aromatic N) is 1. The molecule has 0 N–H and O–H groups in total. The molecule has 1 rings (SSSR count). The number of amides is 1. The van der Waals surface area contributed by atoms with Gasteiger partial charge in [0.05, 0.1) is 0 Å². The number of hydrogen-bond donors (Lipinski definition) is 0. The Balaban J connectivity index is 2.46. The topological polar surface area (TPSA) is 29.5 Å². The molecule has 1 aromatic carbocycles. The third-order valence-electron chi connectivity index (χ3n) is 2.52. The molecule has 0 spiro atoms. The molecule has 3 nitrogen and oxygen atoms in total. The summed E-state index contributed by atoms with van der Waals surface area (Å²) in [6.45, 7) is 8.36. The number of rotatable bonds is 3. The second-order valence-electron chi connectivity index (χ2n) is 5.64. The minimum Gasteiger partial charge on any atom is -0.444 e. The highest BCUT2D eigenvalue weighted by atomic mass is 16.6. The largest absolute Gasteiger partial charge is 0.444 e. The van der Waals surface area contributed by atoms with Crippen LogP contribution < -0.4 is 0 Å². The van der Waals surface area contributed by atoms with Crippen molar-refractivity contribution in [3.05, 3.63) is 35.4 Å². The average molecular weight is 249 g/mol. The predicted molar refractivity (Wildman–Crippen MR) is 73.7 cm³/mol. The number of ether oxygens (including phenoxy) is 1. The van der Waals surface area contributed by atoms with Crippen molar-refractivity contribution >= 4 is 6.09 Å². The van der Waals surface area contributed by atoms with E-state index in [1.54, 1.807) is 11.9 Å². The maximum atomic E-state index is 11.8. The quantitative estimate of drug-likeness (QED) is 0.821. The first-order chi connectivity index (χ1) is 8.28. The highest BCUT2D eigenvalue weighted by Gasteiger charge is 2.19. The van der Waals surface area contributed by atoms with Crippen LogP contribution in [0.15, 0.2) is 24.3 Å². The lowest BCUT2D eigenvalue weighted by Gasteiger charge is -2.24. The minimum atomic E-state index is -0.436. The number of carbonyl (C=O) groups is 1. The molecular weight excluding hydrogens is 226 g/mol.